The molecule has 2 rings (SSSR count). The number of aromatic nitrogens is 1. The van der Waals surface area contributed by atoms with E-state index >= 15 is 0 Å². The monoisotopic (exact) mass is 465 g/mol. The van der Waals surface area contributed by atoms with Gasteiger partial charge in [0.05, 0.1) is 0 Å². The Labute approximate surface area is 165 Å². The Balaban J connectivity index is 0.00000288. The molecule has 1 amide bonds. The Hall–Kier alpha value is -1.09. The first-order valence-corrected chi connectivity index (χ1v) is 8.47. The number of aliphatic imine (C=N–C) groups is 1. The van der Waals surface area contributed by atoms with Gasteiger partial charge in [-0.15, -0.1) is 24.0 Å². The molecule has 0 unspecified atom stereocenters. The van der Waals surface area contributed by atoms with Gasteiger partial charge in [0.15, 0.2) is 5.96 Å². The maximum absolute atomic E-state index is 12.0. The normalized spacial score (nSPS) is 14.2. The number of hydrogen-bond donors (Lipinski definition) is 2. The molecule has 1 aromatic heterocycles. The number of pyridine rings is 1. The molecule has 24 heavy (non-hydrogen) atoms. The Morgan fingerprint density at radius 3 is 2.71 bits per heavy atom. The quantitative estimate of drug-likeness (QED) is 0.292. The number of likely N-dealkylation sites (tertiary alicyclic amines) is 1. The minimum absolute atomic E-state index is 0. The molecule has 1 aliphatic rings. The molecular formula is C16H25ClIN5O. The number of rotatable bonds is 6. The van der Waals surface area contributed by atoms with Gasteiger partial charge in [-0.2, -0.15) is 0 Å². The van der Waals surface area contributed by atoms with Crippen LogP contribution in [-0.4, -0.2) is 54.5 Å². The minimum atomic E-state index is 0. The summed E-state index contributed by atoms with van der Waals surface area (Å²) in [6.45, 7) is 5.39. The molecule has 0 spiro atoms. The molecule has 1 aliphatic heterocycles. The van der Waals surface area contributed by atoms with E-state index in [0.717, 1.165) is 44.5 Å². The van der Waals surface area contributed by atoms with Crippen LogP contribution >= 0.6 is 35.6 Å². The number of hydrogen-bond acceptors (Lipinski definition) is 3. The van der Waals surface area contributed by atoms with Gasteiger partial charge in [0.2, 0.25) is 5.91 Å². The molecule has 6 nitrogen and oxygen atoms in total. The van der Waals surface area contributed by atoms with Crippen molar-refractivity contribution in [1.82, 2.24) is 20.5 Å². The van der Waals surface area contributed by atoms with Crippen molar-refractivity contribution in [3.8, 4) is 0 Å². The first-order valence-electron chi connectivity index (χ1n) is 8.09. The van der Waals surface area contributed by atoms with Crippen molar-refractivity contribution in [2.24, 2.45) is 4.99 Å². The Morgan fingerprint density at radius 1 is 1.33 bits per heavy atom. The fraction of sp³-hybridized carbons (Fsp3) is 0.562. The molecule has 0 aliphatic carbocycles. The second-order valence-corrected chi connectivity index (χ2v) is 5.84. The summed E-state index contributed by atoms with van der Waals surface area (Å²) in [5.74, 6) is 0.767. The molecule has 0 bridgehead atoms. The summed E-state index contributed by atoms with van der Waals surface area (Å²) >= 11 is 5.77. The number of carbonyl (C=O) groups is 1. The van der Waals surface area contributed by atoms with Crippen molar-refractivity contribution in [1.29, 1.82) is 0 Å². The maximum Gasteiger partial charge on any atom is 0.244 e. The summed E-state index contributed by atoms with van der Waals surface area (Å²) in [7, 11) is 0. The standard InChI is InChI=1S/C16H24ClN5O.HI/c1-2-18-16(21-12-15(23)22-9-3-4-10-22)19-8-7-13-5-6-14(17)20-11-13;/h5-6,11H,2-4,7-10,12H2,1H3,(H2,18,19,21);1H. The van der Waals surface area contributed by atoms with Crippen molar-refractivity contribution >= 4 is 47.4 Å². The van der Waals surface area contributed by atoms with Crippen LogP contribution in [0.1, 0.15) is 25.3 Å². The van der Waals surface area contributed by atoms with Crippen LogP contribution in [0.4, 0.5) is 0 Å². The van der Waals surface area contributed by atoms with Crippen molar-refractivity contribution < 1.29 is 4.79 Å². The first kappa shape index (κ1) is 21.0. The Kier molecular flexibility index (Phi) is 10.0. The predicted molar refractivity (Wildman–Crippen MR) is 108 cm³/mol. The maximum atomic E-state index is 12.0. The lowest BCUT2D eigenvalue weighted by Crippen LogP contribution is -2.39. The van der Waals surface area contributed by atoms with Crippen molar-refractivity contribution in [2.45, 2.75) is 26.2 Å². The SMILES string of the molecule is CCNC(=NCC(=O)N1CCCC1)NCCc1ccc(Cl)nc1.I. The van der Waals surface area contributed by atoms with Crippen molar-refractivity contribution in [3.63, 3.8) is 0 Å². The second-order valence-electron chi connectivity index (χ2n) is 5.45. The molecule has 0 radical (unpaired) electrons. The van der Waals surface area contributed by atoms with Gasteiger partial charge in [0.1, 0.15) is 11.7 Å². The molecule has 1 aromatic rings. The number of halogens is 2. The fourth-order valence-corrected chi connectivity index (χ4v) is 2.55. The van der Waals surface area contributed by atoms with Gasteiger partial charge >= 0.3 is 0 Å². The van der Waals surface area contributed by atoms with Crippen LogP contribution in [0, 0.1) is 0 Å². The average Bonchev–Trinajstić information content (AvgIpc) is 3.08. The minimum Gasteiger partial charge on any atom is -0.357 e. The lowest BCUT2D eigenvalue weighted by molar-refractivity contribution is -0.128. The van der Waals surface area contributed by atoms with E-state index in [1.165, 1.54) is 0 Å². The number of carbonyl (C=O) groups excluding carboxylic acids is 1. The fourth-order valence-electron chi connectivity index (χ4n) is 2.43. The van der Waals surface area contributed by atoms with Gasteiger partial charge in [0, 0.05) is 32.4 Å². The van der Waals surface area contributed by atoms with Gasteiger partial charge in [-0.3, -0.25) is 4.79 Å². The molecule has 8 heteroatoms. The van der Waals surface area contributed by atoms with Gasteiger partial charge < -0.3 is 15.5 Å². The number of nitrogens with one attached hydrogen (secondary N) is 2. The van der Waals surface area contributed by atoms with Crippen LogP contribution in [0.5, 0.6) is 0 Å². The van der Waals surface area contributed by atoms with Gasteiger partial charge in [-0.1, -0.05) is 17.7 Å². The third-order valence-electron chi connectivity index (χ3n) is 3.67. The summed E-state index contributed by atoms with van der Waals surface area (Å²) in [6.07, 6.45) is 4.78. The van der Waals surface area contributed by atoms with Crippen LogP contribution < -0.4 is 10.6 Å². The number of guanidine groups is 1. The summed E-state index contributed by atoms with van der Waals surface area (Å²) in [5.41, 5.74) is 1.10. The van der Waals surface area contributed by atoms with Crippen LogP contribution in [0.3, 0.4) is 0 Å². The molecule has 2 heterocycles. The average molecular weight is 466 g/mol. The zero-order valence-corrected chi connectivity index (χ0v) is 17.0. The van der Waals surface area contributed by atoms with Crippen LogP contribution in [0.25, 0.3) is 0 Å². The highest BCUT2D eigenvalue weighted by Gasteiger charge is 2.17. The van der Waals surface area contributed by atoms with Crippen LogP contribution in [0.2, 0.25) is 5.15 Å². The number of amides is 1. The van der Waals surface area contributed by atoms with E-state index in [9.17, 15) is 4.79 Å². The van der Waals surface area contributed by atoms with Gasteiger partial charge in [0.25, 0.3) is 0 Å². The third-order valence-corrected chi connectivity index (χ3v) is 3.89. The van der Waals surface area contributed by atoms with Gasteiger partial charge in [-0.05, 0) is 37.8 Å². The lowest BCUT2D eigenvalue weighted by atomic mass is 10.2. The Morgan fingerprint density at radius 2 is 2.08 bits per heavy atom. The summed E-state index contributed by atoms with van der Waals surface area (Å²) in [5, 5.41) is 6.89. The van der Waals surface area contributed by atoms with Gasteiger partial charge in [-0.25, -0.2) is 9.98 Å². The van der Waals surface area contributed by atoms with E-state index in [0.29, 0.717) is 17.7 Å². The zero-order valence-electron chi connectivity index (χ0n) is 13.9. The van der Waals surface area contributed by atoms with E-state index in [1.807, 2.05) is 17.9 Å². The third kappa shape index (κ3) is 7.21. The molecule has 1 saturated heterocycles. The van der Waals surface area contributed by atoms with Crippen LogP contribution in [-0.2, 0) is 11.2 Å². The van der Waals surface area contributed by atoms with E-state index in [1.54, 1.807) is 12.3 Å². The smallest absolute Gasteiger partial charge is 0.244 e. The molecule has 1 fully saturated rings. The highest BCUT2D eigenvalue weighted by Crippen LogP contribution is 2.07. The molecule has 134 valence electrons. The molecule has 0 aromatic carbocycles. The Bertz CT molecular complexity index is 532. The predicted octanol–water partition coefficient (Wildman–Crippen LogP) is 2.07. The van der Waals surface area contributed by atoms with E-state index in [2.05, 4.69) is 20.6 Å². The largest absolute Gasteiger partial charge is 0.357 e. The summed E-state index contributed by atoms with van der Waals surface area (Å²) in [4.78, 5) is 22.3. The molecule has 0 saturated carbocycles. The first-order chi connectivity index (χ1) is 11.2. The van der Waals surface area contributed by atoms with E-state index < -0.39 is 0 Å². The highest BCUT2D eigenvalue weighted by molar-refractivity contribution is 14.0. The second kappa shape index (κ2) is 11.5. The molecule has 2 N–H and O–H groups in total. The lowest BCUT2D eigenvalue weighted by Gasteiger charge is -2.15. The highest BCUT2D eigenvalue weighted by atomic mass is 127. The summed E-state index contributed by atoms with van der Waals surface area (Å²) in [6, 6.07) is 3.74. The zero-order chi connectivity index (χ0) is 16.5. The molecular weight excluding hydrogens is 441 g/mol. The van der Waals surface area contributed by atoms with E-state index in [4.69, 9.17) is 11.6 Å². The summed E-state index contributed by atoms with van der Waals surface area (Å²) < 4.78 is 0. The molecule has 0 atom stereocenters. The van der Waals surface area contributed by atoms with E-state index in [-0.39, 0.29) is 36.4 Å². The van der Waals surface area contributed by atoms with Crippen LogP contribution in [0.15, 0.2) is 23.3 Å². The van der Waals surface area contributed by atoms with Crippen molar-refractivity contribution in [2.75, 3.05) is 32.7 Å². The topological polar surface area (TPSA) is 69.6 Å². The van der Waals surface area contributed by atoms with Crippen molar-refractivity contribution in [3.05, 3.63) is 29.0 Å². The number of nitrogens with zero attached hydrogens (tertiary/aromatic N) is 3.